The van der Waals surface area contributed by atoms with Gasteiger partial charge in [-0.2, -0.15) is 4.98 Å². The second-order valence-corrected chi connectivity index (χ2v) is 6.58. The smallest absolute Gasteiger partial charge is 0.317 e. The summed E-state index contributed by atoms with van der Waals surface area (Å²) in [5.74, 6) is 1.81. The second-order valence-electron chi connectivity index (χ2n) is 6.58. The van der Waals surface area contributed by atoms with Crippen LogP contribution in [0.1, 0.15) is 30.2 Å². The van der Waals surface area contributed by atoms with E-state index in [9.17, 15) is 4.79 Å². The maximum absolute atomic E-state index is 12.4. The summed E-state index contributed by atoms with van der Waals surface area (Å²) in [4.78, 5) is 22.6. The predicted molar refractivity (Wildman–Crippen MR) is 101 cm³/mol. The summed E-state index contributed by atoms with van der Waals surface area (Å²) in [7, 11) is 1.75. The summed E-state index contributed by atoms with van der Waals surface area (Å²) >= 11 is 0. The fourth-order valence-electron chi connectivity index (χ4n) is 2.59. The Morgan fingerprint density at radius 3 is 2.70 bits per heavy atom. The van der Waals surface area contributed by atoms with E-state index in [2.05, 4.69) is 20.4 Å². The molecule has 0 aliphatic carbocycles. The quantitative estimate of drug-likeness (QED) is 0.722. The molecular formula is C19H24N6O2. The lowest BCUT2D eigenvalue weighted by molar-refractivity contribution is 0.200. The number of rotatable bonds is 6. The van der Waals surface area contributed by atoms with Gasteiger partial charge in [0.15, 0.2) is 0 Å². The molecule has 3 aromatic rings. The number of aryl methyl sites for hydroxylation is 2. The topological polar surface area (TPSA) is 89.1 Å². The monoisotopic (exact) mass is 368 g/mol. The van der Waals surface area contributed by atoms with Crippen LogP contribution in [-0.4, -0.2) is 44.2 Å². The van der Waals surface area contributed by atoms with Gasteiger partial charge in [-0.15, -0.1) is 0 Å². The Kier molecular flexibility index (Phi) is 5.54. The van der Waals surface area contributed by atoms with Gasteiger partial charge in [0.05, 0.1) is 0 Å². The maximum Gasteiger partial charge on any atom is 0.317 e. The third-order valence-electron chi connectivity index (χ3n) is 4.41. The van der Waals surface area contributed by atoms with Crippen molar-refractivity contribution in [3.05, 3.63) is 53.9 Å². The van der Waals surface area contributed by atoms with E-state index in [1.807, 2.05) is 55.8 Å². The first-order valence-corrected chi connectivity index (χ1v) is 8.84. The van der Waals surface area contributed by atoms with Gasteiger partial charge in [-0.25, -0.2) is 9.78 Å². The minimum atomic E-state index is -0.387. The fourth-order valence-corrected chi connectivity index (χ4v) is 2.59. The fraction of sp³-hybridized carbons (Fsp3) is 0.368. The van der Waals surface area contributed by atoms with Gasteiger partial charge >= 0.3 is 6.03 Å². The number of nitrogens with zero attached hydrogens (tertiary/aromatic N) is 5. The zero-order chi connectivity index (χ0) is 19.4. The number of nitrogens with one attached hydrogen (secondary N) is 1. The first kappa shape index (κ1) is 18.6. The van der Waals surface area contributed by atoms with Crippen molar-refractivity contribution in [2.24, 2.45) is 0 Å². The van der Waals surface area contributed by atoms with Gasteiger partial charge in [-0.1, -0.05) is 35.0 Å². The van der Waals surface area contributed by atoms with E-state index in [4.69, 9.17) is 4.52 Å². The molecule has 0 radical (unpaired) electrons. The van der Waals surface area contributed by atoms with E-state index in [0.29, 0.717) is 24.8 Å². The van der Waals surface area contributed by atoms with Crippen LogP contribution in [-0.2, 0) is 6.54 Å². The van der Waals surface area contributed by atoms with Crippen LogP contribution < -0.4 is 5.32 Å². The summed E-state index contributed by atoms with van der Waals surface area (Å²) in [6, 6.07) is 7.29. The summed E-state index contributed by atoms with van der Waals surface area (Å²) in [5, 5.41) is 6.89. The summed E-state index contributed by atoms with van der Waals surface area (Å²) in [6.45, 7) is 7.02. The van der Waals surface area contributed by atoms with E-state index < -0.39 is 0 Å². The Labute approximate surface area is 158 Å². The zero-order valence-electron chi connectivity index (χ0n) is 16.0. The molecule has 3 rings (SSSR count). The molecule has 0 aliphatic rings. The molecule has 0 fully saturated rings. The first-order chi connectivity index (χ1) is 12.9. The summed E-state index contributed by atoms with van der Waals surface area (Å²) in [6.07, 6.45) is 3.65. The van der Waals surface area contributed by atoms with Crippen LogP contribution in [0.15, 0.2) is 41.2 Å². The summed E-state index contributed by atoms with van der Waals surface area (Å²) in [5.41, 5.74) is 2.04. The van der Waals surface area contributed by atoms with Gasteiger partial charge in [-0.05, 0) is 20.8 Å². The number of likely N-dealkylation sites (N-methyl/N-ethyl adjacent to an activating group) is 1. The largest absolute Gasteiger partial charge is 0.337 e. The van der Waals surface area contributed by atoms with Crippen LogP contribution in [0, 0.1) is 13.8 Å². The van der Waals surface area contributed by atoms with E-state index in [1.54, 1.807) is 18.1 Å². The minimum Gasteiger partial charge on any atom is -0.337 e. The van der Waals surface area contributed by atoms with Gasteiger partial charge in [0.1, 0.15) is 11.9 Å². The second kappa shape index (κ2) is 8.03. The standard InChI is InChI=1S/C19H24N6O2/c1-13-5-7-16(8-6-13)17-22-18(27-23-17)14(2)21-19(26)24(4)11-12-25-10-9-20-15(25)3/h5-10,14H,11-12H2,1-4H3,(H,21,26)/t14-/m1/s1. The molecule has 8 nitrogen and oxygen atoms in total. The van der Waals surface area contributed by atoms with E-state index in [-0.39, 0.29) is 12.1 Å². The molecular weight excluding hydrogens is 344 g/mol. The average Bonchev–Trinajstić information content (AvgIpc) is 3.29. The van der Waals surface area contributed by atoms with Crippen LogP contribution in [0.3, 0.4) is 0 Å². The van der Waals surface area contributed by atoms with Crippen molar-refractivity contribution >= 4 is 6.03 Å². The van der Waals surface area contributed by atoms with Crippen LogP contribution >= 0.6 is 0 Å². The van der Waals surface area contributed by atoms with Gasteiger partial charge < -0.3 is 19.3 Å². The molecule has 1 atom stereocenters. The number of imidazole rings is 1. The Balaban J connectivity index is 1.56. The molecule has 0 spiro atoms. The third-order valence-corrected chi connectivity index (χ3v) is 4.41. The Bertz CT molecular complexity index is 899. The Hall–Kier alpha value is -3.16. The number of carbonyl (C=O) groups is 1. The number of hydrogen-bond donors (Lipinski definition) is 1. The van der Waals surface area contributed by atoms with Gasteiger partial charge in [0, 0.05) is 38.1 Å². The highest BCUT2D eigenvalue weighted by molar-refractivity contribution is 5.74. The lowest BCUT2D eigenvalue weighted by atomic mass is 10.1. The van der Waals surface area contributed by atoms with Gasteiger partial charge in [-0.3, -0.25) is 0 Å². The Morgan fingerprint density at radius 1 is 1.30 bits per heavy atom. The molecule has 142 valence electrons. The van der Waals surface area contributed by atoms with Crippen LogP contribution in [0.4, 0.5) is 4.79 Å². The highest BCUT2D eigenvalue weighted by atomic mass is 16.5. The van der Waals surface area contributed by atoms with Gasteiger partial charge in [0.25, 0.3) is 0 Å². The molecule has 0 aliphatic heterocycles. The Morgan fingerprint density at radius 2 is 2.04 bits per heavy atom. The van der Waals surface area contributed by atoms with Gasteiger partial charge in [0.2, 0.25) is 11.7 Å². The summed E-state index contributed by atoms with van der Waals surface area (Å²) < 4.78 is 7.32. The molecule has 2 amide bonds. The number of benzene rings is 1. The SMILES string of the molecule is Cc1ccc(-c2noc([C@@H](C)NC(=O)N(C)CCn3ccnc3C)n2)cc1. The van der Waals surface area contributed by atoms with E-state index >= 15 is 0 Å². The predicted octanol–water partition coefficient (Wildman–Crippen LogP) is 2.95. The van der Waals surface area contributed by atoms with E-state index in [1.165, 1.54) is 0 Å². The number of carbonyl (C=O) groups excluding carboxylic acids is 1. The molecule has 2 aromatic heterocycles. The number of amides is 2. The maximum atomic E-state index is 12.4. The van der Waals surface area contributed by atoms with Crippen molar-refractivity contribution in [1.29, 1.82) is 0 Å². The molecule has 1 aromatic carbocycles. The molecule has 0 saturated heterocycles. The highest BCUT2D eigenvalue weighted by Gasteiger charge is 2.19. The van der Waals surface area contributed by atoms with Crippen LogP contribution in [0.25, 0.3) is 11.4 Å². The highest BCUT2D eigenvalue weighted by Crippen LogP contribution is 2.19. The number of hydrogen-bond acceptors (Lipinski definition) is 5. The normalized spacial score (nSPS) is 12.0. The van der Waals surface area contributed by atoms with Crippen molar-refractivity contribution in [2.45, 2.75) is 33.4 Å². The minimum absolute atomic E-state index is 0.199. The van der Waals surface area contributed by atoms with Crippen LogP contribution in [0.2, 0.25) is 0 Å². The zero-order valence-corrected chi connectivity index (χ0v) is 16.0. The molecule has 8 heteroatoms. The number of aromatic nitrogens is 4. The van der Waals surface area contributed by atoms with Crippen molar-refractivity contribution in [3.8, 4) is 11.4 Å². The third kappa shape index (κ3) is 4.52. The molecule has 1 N–H and O–H groups in total. The average molecular weight is 368 g/mol. The van der Waals surface area contributed by atoms with Crippen molar-refractivity contribution in [2.75, 3.05) is 13.6 Å². The van der Waals surface area contributed by atoms with Crippen molar-refractivity contribution < 1.29 is 9.32 Å². The van der Waals surface area contributed by atoms with E-state index in [0.717, 1.165) is 17.0 Å². The van der Waals surface area contributed by atoms with Crippen molar-refractivity contribution in [3.63, 3.8) is 0 Å². The van der Waals surface area contributed by atoms with Crippen LogP contribution in [0.5, 0.6) is 0 Å². The lowest BCUT2D eigenvalue weighted by Crippen LogP contribution is -2.40. The first-order valence-electron chi connectivity index (χ1n) is 8.84. The molecule has 27 heavy (non-hydrogen) atoms. The number of urea groups is 1. The van der Waals surface area contributed by atoms with Crippen molar-refractivity contribution in [1.82, 2.24) is 29.9 Å². The molecule has 0 saturated carbocycles. The molecule has 0 unspecified atom stereocenters. The molecule has 2 heterocycles. The molecule has 0 bridgehead atoms. The lowest BCUT2D eigenvalue weighted by Gasteiger charge is -2.20.